The third kappa shape index (κ3) is 3.11. The van der Waals surface area contributed by atoms with E-state index in [0.29, 0.717) is 22.5 Å². The molecule has 0 saturated heterocycles. The summed E-state index contributed by atoms with van der Waals surface area (Å²) in [6.45, 7) is 1.96. The van der Waals surface area contributed by atoms with Crippen molar-refractivity contribution < 1.29 is 4.74 Å². The Labute approximate surface area is 110 Å². The van der Waals surface area contributed by atoms with E-state index in [1.807, 2.05) is 31.2 Å². The van der Waals surface area contributed by atoms with Crippen LogP contribution in [0, 0.1) is 6.92 Å². The third-order valence-corrected chi connectivity index (χ3v) is 2.79. The van der Waals surface area contributed by atoms with Gasteiger partial charge in [0.15, 0.2) is 0 Å². The molecule has 0 aliphatic carbocycles. The number of aromatic nitrogens is 1. The Hall–Kier alpha value is -1.25. The highest BCUT2D eigenvalue weighted by molar-refractivity contribution is 6.30. The van der Waals surface area contributed by atoms with Crippen molar-refractivity contribution >= 4 is 23.2 Å². The van der Waals surface area contributed by atoms with Gasteiger partial charge in [-0.15, -0.1) is 11.6 Å². The lowest BCUT2D eigenvalue weighted by atomic mass is 10.2. The summed E-state index contributed by atoms with van der Waals surface area (Å²) in [5.41, 5.74) is 1.79. The van der Waals surface area contributed by atoms with Crippen LogP contribution in [0.25, 0.3) is 0 Å². The molecule has 0 saturated carbocycles. The van der Waals surface area contributed by atoms with Crippen LogP contribution in [0.3, 0.4) is 0 Å². The molecule has 0 radical (unpaired) electrons. The summed E-state index contributed by atoms with van der Waals surface area (Å²) in [7, 11) is 0. The molecule has 0 aliphatic rings. The van der Waals surface area contributed by atoms with Gasteiger partial charge in [0, 0.05) is 11.1 Å². The van der Waals surface area contributed by atoms with Crippen molar-refractivity contribution in [2.45, 2.75) is 12.8 Å². The van der Waals surface area contributed by atoms with E-state index in [1.165, 1.54) is 0 Å². The van der Waals surface area contributed by atoms with E-state index in [4.69, 9.17) is 27.9 Å². The molecule has 0 bridgehead atoms. The average Bonchev–Trinajstić information content (AvgIpc) is 2.34. The van der Waals surface area contributed by atoms with E-state index in [2.05, 4.69) is 4.98 Å². The Morgan fingerprint density at radius 2 is 2.06 bits per heavy atom. The largest absolute Gasteiger partial charge is 0.439 e. The molecule has 0 spiro atoms. The molecule has 0 aliphatic heterocycles. The van der Waals surface area contributed by atoms with E-state index in [9.17, 15) is 0 Å². The molecule has 2 nitrogen and oxygen atoms in total. The molecule has 88 valence electrons. The monoisotopic (exact) mass is 267 g/mol. The number of alkyl halides is 1. The summed E-state index contributed by atoms with van der Waals surface area (Å²) in [6, 6.07) is 11.0. The maximum Gasteiger partial charge on any atom is 0.219 e. The predicted octanol–water partition coefficient (Wildman–Crippen LogP) is 4.57. The number of aryl methyl sites for hydroxylation is 1. The fourth-order valence-corrected chi connectivity index (χ4v) is 1.70. The van der Waals surface area contributed by atoms with Crippen molar-refractivity contribution in [3.63, 3.8) is 0 Å². The molecular formula is C13H11Cl2NO. The van der Waals surface area contributed by atoms with Crippen molar-refractivity contribution in [2.24, 2.45) is 0 Å². The fourth-order valence-electron chi connectivity index (χ4n) is 1.39. The number of pyridine rings is 1. The summed E-state index contributed by atoms with van der Waals surface area (Å²) in [4.78, 5) is 4.26. The second-order valence-corrected chi connectivity index (χ2v) is 4.32. The van der Waals surface area contributed by atoms with Gasteiger partial charge in [-0.05, 0) is 30.7 Å². The first-order chi connectivity index (χ1) is 8.19. The minimum absolute atomic E-state index is 0.367. The lowest BCUT2D eigenvalue weighted by Crippen LogP contribution is -1.92. The standard InChI is InChI=1S/C13H11Cl2NO/c1-9-5-6-10(15)7-12(9)17-13-4-2-3-11(8-14)16-13/h2-7H,8H2,1H3. The molecule has 0 N–H and O–H groups in total. The van der Waals surface area contributed by atoms with Crippen LogP contribution in [0.1, 0.15) is 11.3 Å². The zero-order chi connectivity index (χ0) is 12.3. The Morgan fingerprint density at radius 3 is 2.82 bits per heavy atom. The predicted molar refractivity (Wildman–Crippen MR) is 70.1 cm³/mol. The van der Waals surface area contributed by atoms with Crippen LogP contribution in [-0.2, 0) is 5.88 Å². The zero-order valence-corrected chi connectivity index (χ0v) is 10.8. The van der Waals surface area contributed by atoms with Gasteiger partial charge in [0.25, 0.3) is 0 Å². The smallest absolute Gasteiger partial charge is 0.219 e. The highest BCUT2D eigenvalue weighted by atomic mass is 35.5. The minimum atomic E-state index is 0.367. The molecule has 0 atom stereocenters. The summed E-state index contributed by atoms with van der Waals surface area (Å²) in [5.74, 6) is 1.59. The summed E-state index contributed by atoms with van der Waals surface area (Å²) in [5, 5.41) is 0.638. The Kier molecular flexibility index (Phi) is 3.87. The van der Waals surface area contributed by atoms with Crippen molar-refractivity contribution in [1.29, 1.82) is 0 Å². The van der Waals surface area contributed by atoms with Crippen molar-refractivity contribution in [2.75, 3.05) is 0 Å². The molecule has 1 aromatic carbocycles. The normalized spacial score (nSPS) is 10.3. The van der Waals surface area contributed by atoms with Crippen LogP contribution in [0.2, 0.25) is 5.02 Å². The first kappa shape index (κ1) is 12.2. The number of halogens is 2. The van der Waals surface area contributed by atoms with Crippen LogP contribution in [-0.4, -0.2) is 4.98 Å². The highest BCUT2D eigenvalue weighted by Gasteiger charge is 2.04. The van der Waals surface area contributed by atoms with Gasteiger partial charge in [0.1, 0.15) is 5.75 Å². The number of benzene rings is 1. The number of nitrogens with zero attached hydrogens (tertiary/aromatic N) is 1. The molecule has 4 heteroatoms. The van der Waals surface area contributed by atoms with Crippen LogP contribution >= 0.6 is 23.2 Å². The van der Waals surface area contributed by atoms with Crippen molar-refractivity contribution in [1.82, 2.24) is 4.98 Å². The van der Waals surface area contributed by atoms with Gasteiger partial charge < -0.3 is 4.74 Å². The molecule has 0 fully saturated rings. The van der Waals surface area contributed by atoms with Gasteiger partial charge >= 0.3 is 0 Å². The number of ether oxygens (including phenoxy) is 1. The minimum Gasteiger partial charge on any atom is -0.439 e. The quantitative estimate of drug-likeness (QED) is 0.760. The topological polar surface area (TPSA) is 22.1 Å². The van der Waals surface area contributed by atoms with Crippen molar-refractivity contribution in [3.8, 4) is 11.6 Å². The van der Waals surface area contributed by atoms with E-state index >= 15 is 0 Å². The maximum absolute atomic E-state index is 5.92. The molecule has 1 heterocycles. The first-order valence-corrected chi connectivity index (χ1v) is 6.06. The van der Waals surface area contributed by atoms with E-state index in [0.717, 1.165) is 11.3 Å². The molecule has 2 rings (SSSR count). The van der Waals surface area contributed by atoms with Gasteiger partial charge in [-0.2, -0.15) is 0 Å². The Bertz CT molecular complexity index is 529. The van der Waals surface area contributed by atoms with Gasteiger partial charge in [-0.1, -0.05) is 23.7 Å². The van der Waals surface area contributed by atoms with Gasteiger partial charge in [-0.25, -0.2) is 4.98 Å². The maximum atomic E-state index is 5.92. The Morgan fingerprint density at radius 1 is 1.24 bits per heavy atom. The first-order valence-electron chi connectivity index (χ1n) is 5.15. The number of hydrogen-bond donors (Lipinski definition) is 0. The fraction of sp³-hybridized carbons (Fsp3) is 0.154. The van der Waals surface area contributed by atoms with Gasteiger partial charge in [0.05, 0.1) is 11.6 Å². The highest BCUT2D eigenvalue weighted by Crippen LogP contribution is 2.26. The second kappa shape index (κ2) is 5.39. The SMILES string of the molecule is Cc1ccc(Cl)cc1Oc1cccc(CCl)n1. The summed E-state index contributed by atoms with van der Waals surface area (Å²) >= 11 is 11.6. The molecule has 17 heavy (non-hydrogen) atoms. The molecule has 1 aromatic heterocycles. The molecule has 0 unspecified atom stereocenters. The van der Waals surface area contributed by atoms with Crippen LogP contribution < -0.4 is 4.74 Å². The third-order valence-electron chi connectivity index (χ3n) is 2.28. The second-order valence-electron chi connectivity index (χ2n) is 3.61. The summed E-state index contributed by atoms with van der Waals surface area (Å²) in [6.07, 6.45) is 0. The van der Waals surface area contributed by atoms with E-state index < -0.39 is 0 Å². The zero-order valence-electron chi connectivity index (χ0n) is 9.28. The molecule has 2 aromatic rings. The van der Waals surface area contributed by atoms with Crippen LogP contribution in [0.4, 0.5) is 0 Å². The lowest BCUT2D eigenvalue weighted by molar-refractivity contribution is 0.458. The molecule has 0 amide bonds. The lowest BCUT2D eigenvalue weighted by Gasteiger charge is -2.08. The number of hydrogen-bond acceptors (Lipinski definition) is 2. The van der Waals surface area contributed by atoms with Crippen molar-refractivity contribution in [3.05, 3.63) is 52.7 Å². The van der Waals surface area contributed by atoms with Gasteiger partial charge in [0.2, 0.25) is 5.88 Å². The van der Waals surface area contributed by atoms with E-state index in [1.54, 1.807) is 12.1 Å². The van der Waals surface area contributed by atoms with Crippen LogP contribution in [0.15, 0.2) is 36.4 Å². The van der Waals surface area contributed by atoms with E-state index in [-0.39, 0.29) is 0 Å². The Balaban J connectivity index is 2.27. The average molecular weight is 268 g/mol. The molecular weight excluding hydrogens is 257 g/mol. The van der Waals surface area contributed by atoms with Crippen LogP contribution in [0.5, 0.6) is 11.6 Å². The summed E-state index contributed by atoms with van der Waals surface area (Å²) < 4.78 is 5.68. The van der Waals surface area contributed by atoms with Gasteiger partial charge in [-0.3, -0.25) is 0 Å². The number of rotatable bonds is 3.